The van der Waals surface area contributed by atoms with E-state index in [9.17, 15) is 4.79 Å². The molecule has 0 unspecified atom stereocenters. The van der Waals surface area contributed by atoms with Gasteiger partial charge in [-0.3, -0.25) is 4.79 Å². The maximum Gasteiger partial charge on any atom is 0.222 e. The van der Waals surface area contributed by atoms with Crippen molar-refractivity contribution in [3.05, 3.63) is 24.8 Å². The highest BCUT2D eigenvalue weighted by atomic mass is 16.1. The third-order valence-corrected chi connectivity index (χ3v) is 3.73. The molecular weight excluding hydrogens is 242 g/mol. The zero-order valence-corrected chi connectivity index (χ0v) is 10.3. The summed E-state index contributed by atoms with van der Waals surface area (Å²) in [5, 5.41) is 3.92. The Hall–Kier alpha value is -2.37. The molecule has 1 fully saturated rings. The highest BCUT2D eigenvalue weighted by molar-refractivity contribution is 6.01. The Morgan fingerprint density at radius 3 is 3.21 bits per heavy atom. The molecule has 0 radical (unpaired) electrons. The number of imidazole rings is 1. The van der Waals surface area contributed by atoms with Gasteiger partial charge >= 0.3 is 0 Å². The average molecular weight is 255 g/mol. The van der Waals surface area contributed by atoms with Gasteiger partial charge in [-0.15, -0.1) is 0 Å². The second kappa shape index (κ2) is 3.81. The minimum atomic E-state index is 0.109. The van der Waals surface area contributed by atoms with Crippen LogP contribution < -0.4 is 5.32 Å². The van der Waals surface area contributed by atoms with Gasteiger partial charge in [0.05, 0.1) is 18.0 Å². The second-order valence-corrected chi connectivity index (χ2v) is 4.88. The highest BCUT2D eigenvalue weighted by Gasteiger charge is 2.22. The fourth-order valence-corrected chi connectivity index (χ4v) is 2.81. The first-order chi connectivity index (χ1) is 9.33. The van der Waals surface area contributed by atoms with Crippen molar-refractivity contribution in [3.63, 3.8) is 0 Å². The van der Waals surface area contributed by atoms with Crippen LogP contribution in [0.5, 0.6) is 0 Å². The minimum Gasteiger partial charge on any atom is -0.356 e. The van der Waals surface area contributed by atoms with E-state index < -0.39 is 0 Å². The fraction of sp³-hybridized carbons (Fsp3) is 0.308. The van der Waals surface area contributed by atoms with Crippen molar-refractivity contribution in [2.45, 2.75) is 18.9 Å². The first-order valence-electron chi connectivity index (χ1n) is 6.38. The zero-order chi connectivity index (χ0) is 12.8. The number of fused-ring (bicyclic) bond motifs is 3. The van der Waals surface area contributed by atoms with Crippen LogP contribution in [0.1, 0.15) is 18.9 Å². The van der Waals surface area contributed by atoms with Crippen LogP contribution in [0.25, 0.3) is 22.1 Å². The molecule has 1 saturated heterocycles. The van der Waals surface area contributed by atoms with Crippen molar-refractivity contribution in [1.29, 1.82) is 0 Å². The molecule has 0 bridgehead atoms. The molecule has 96 valence electrons. The summed E-state index contributed by atoms with van der Waals surface area (Å²) in [4.78, 5) is 23.4. The lowest BCUT2D eigenvalue weighted by atomic mass is 10.1. The SMILES string of the molecule is O=C1C[C@H](n2cnc3cnc4[nH]ccc4c32)CCN1. The summed E-state index contributed by atoms with van der Waals surface area (Å²) in [7, 11) is 0. The molecule has 0 aromatic carbocycles. The molecule has 6 heteroatoms. The molecule has 4 rings (SSSR count). The van der Waals surface area contributed by atoms with E-state index in [-0.39, 0.29) is 11.9 Å². The van der Waals surface area contributed by atoms with Gasteiger partial charge in [0, 0.05) is 30.6 Å². The quantitative estimate of drug-likeness (QED) is 0.689. The Kier molecular flexibility index (Phi) is 2.11. The Balaban J connectivity index is 1.93. The highest BCUT2D eigenvalue weighted by Crippen LogP contribution is 2.28. The van der Waals surface area contributed by atoms with Crippen molar-refractivity contribution < 1.29 is 4.79 Å². The van der Waals surface area contributed by atoms with E-state index in [4.69, 9.17) is 0 Å². The molecule has 1 amide bonds. The first-order valence-corrected chi connectivity index (χ1v) is 6.38. The largest absolute Gasteiger partial charge is 0.356 e. The van der Waals surface area contributed by atoms with E-state index in [2.05, 4.69) is 24.8 Å². The summed E-state index contributed by atoms with van der Waals surface area (Å²) < 4.78 is 2.12. The lowest BCUT2D eigenvalue weighted by Gasteiger charge is -2.23. The van der Waals surface area contributed by atoms with Crippen LogP contribution in [0.15, 0.2) is 24.8 Å². The Morgan fingerprint density at radius 1 is 1.37 bits per heavy atom. The Morgan fingerprint density at radius 2 is 2.32 bits per heavy atom. The molecule has 1 atom stereocenters. The molecule has 6 nitrogen and oxygen atoms in total. The molecule has 1 aliphatic rings. The molecule has 19 heavy (non-hydrogen) atoms. The molecular formula is C13H13N5O. The van der Waals surface area contributed by atoms with Gasteiger partial charge in [-0.05, 0) is 12.5 Å². The normalized spacial score (nSPS) is 20.0. The molecule has 3 aromatic rings. The van der Waals surface area contributed by atoms with E-state index in [0.29, 0.717) is 6.42 Å². The van der Waals surface area contributed by atoms with E-state index in [1.54, 1.807) is 6.20 Å². The van der Waals surface area contributed by atoms with Crippen LogP contribution >= 0.6 is 0 Å². The Labute approximate surface area is 108 Å². The van der Waals surface area contributed by atoms with Gasteiger partial charge in [-0.2, -0.15) is 0 Å². The number of rotatable bonds is 1. The fourth-order valence-electron chi connectivity index (χ4n) is 2.81. The molecule has 4 heterocycles. The van der Waals surface area contributed by atoms with Crippen molar-refractivity contribution in [2.75, 3.05) is 6.54 Å². The van der Waals surface area contributed by atoms with Crippen molar-refractivity contribution in [3.8, 4) is 0 Å². The molecule has 0 saturated carbocycles. The van der Waals surface area contributed by atoms with Crippen molar-refractivity contribution in [2.24, 2.45) is 0 Å². The number of nitrogens with zero attached hydrogens (tertiary/aromatic N) is 3. The zero-order valence-electron chi connectivity index (χ0n) is 10.3. The number of pyridine rings is 1. The van der Waals surface area contributed by atoms with Gasteiger partial charge in [0.2, 0.25) is 5.91 Å². The smallest absolute Gasteiger partial charge is 0.222 e. The monoisotopic (exact) mass is 255 g/mol. The van der Waals surface area contributed by atoms with E-state index in [1.807, 2.05) is 18.6 Å². The van der Waals surface area contributed by atoms with Crippen LogP contribution in [0.3, 0.4) is 0 Å². The number of amides is 1. The number of carbonyl (C=O) groups is 1. The second-order valence-electron chi connectivity index (χ2n) is 4.88. The molecule has 1 aliphatic heterocycles. The Bertz CT molecular complexity index is 772. The van der Waals surface area contributed by atoms with Gasteiger partial charge in [-0.1, -0.05) is 0 Å². The maximum atomic E-state index is 11.6. The van der Waals surface area contributed by atoms with E-state index >= 15 is 0 Å². The van der Waals surface area contributed by atoms with Gasteiger partial charge in [-0.25, -0.2) is 9.97 Å². The van der Waals surface area contributed by atoms with Crippen LogP contribution in [0.2, 0.25) is 0 Å². The summed E-state index contributed by atoms with van der Waals surface area (Å²) in [6, 6.07) is 2.19. The topological polar surface area (TPSA) is 75.6 Å². The number of nitrogens with one attached hydrogen (secondary N) is 2. The first kappa shape index (κ1) is 10.5. The number of carbonyl (C=O) groups excluding carboxylic acids is 1. The molecule has 2 N–H and O–H groups in total. The standard InChI is InChI=1S/C13H13N5O/c19-11-5-8(1-3-14-11)18-7-17-10-6-16-13-9(12(10)18)2-4-15-13/h2,4,6-8H,1,3,5H2,(H,14,19)(H,15,16)/t8-/m1/s1. The number of piperidine rings is 1. The minimum absolute atomic E-state index is 0.109. The summed E-state index contributed by atoms with van der Waals surface area (Å²) in [5.74, 6) is 0.109. The van der Waals surface area contributed by atoms with Crippen LogP contribution in [-0.4, -0.2) is 32.0 Å². The van der Waals surface area contributed by atoms with Gasteiger partial charge < -0.3 is 14.9 Å². The summed E-state index contributed by atoms with van der Waals surface area (Å²) in [6.45, 7) is 0.727. The van der Waals surface area contributed by atoms with E-state index in [0.717, 1.165) is 35.0 Å². The number of hydrogen-bond acceptors (Lipinski definition) is 3. The third-order valence-electron chi connectivity index (χ3n) is 3.73. The maximum absolute atomic E-state index is 11.6. The predicted octanol–water partition coefficient (Wildman–Crippen LogP) is 1.36. The van der Waals surface area contributed by atoms with Gasteiger partial charge in [0.15, 0.2) is 0 Å². The molecule has 0 aliphatic carbocycles. The van der Waals surface area contributed by atoms with E-state index in [1.165, 1.54) is 0 Å². The average Bonchev–Trinajstić information content (AvgIpc) is 3.04. The van der Waals surface area contributed by atoms with Crippen molar-refractivity contribution in [1.82, 2.24) is 24.8 Å². The summed E-state index contributed by atoms with van der Waals surface area (Å²) in [6.07, 6.45) is 6.92. The summed E-state index contributed by atoms with van der Waals surface area (Å²) >= 11 is 0. The summed E-state index contributed by atoms with van der Waals surface area (Å²) in [5.41, 5.74) is 2.79. The molecule has 0 spiro atoms. The van der Waals surface area contributed by atoms with Crippen molar-refractivity contribution >= 4 is 28.0 Å². The lowest BCUT2D eigenvalue weighted by molar-refractivity contribution is -0.123. The number of H-pyrrole nitrogens is 1. The van der Waals surface area contributed by atoms with Crippen LogP contribution in [0.4, 0.5) is 0 Å². The molecule has 3 aromatic heterocycles. The van der Waals surface area contributed by atoms with Crippen LogP contribution in [-0.2, 0) is 4.79 Å². The predicted molar refractivity (Wildman–Crippen MR) is 70.7 cm³/mol. The van der Waals surface area contributed by atoms with Crippen LogP contribution in [0, 0.1) is 0 Å². The van der Waals surface area contributed by atoms with Gasteiger partial charge in [0.1, 0.15) is 11.2 Å². The number of aromatic nitrogens is 4. The number of aromatic amines is 1. The lowest BCUT2D eigenvalue weighted by Crippen LogP contribution is -2.34. The number of hydrogen-bond donors (Lipinski definition) is 2. The van der Waals surface area contributed by atoms with Gasteiger partial charge in [0.25, 0.3) is 0 Å². The third kappa shape index (κ3) is 1.53.